The van der Waals surface area contributed by atoms with Gasteiger partial charge < -0.3 is 9.15 Å². The number of alkyl halides is 1. The van der Waals surface area contributed by atoms with Gasteiger partial charge >= 0.3 is 0 Å². The Morgan fingerprint density at radius 1 is 1.32 bits per heavy atom. The molecule has 0 aliphatic heterocycles. The van der Waals surface area contributed by atoms with Gasteiger partial charge in [0.2, 0.25) is 11.8 Å². The zero-order chi connectivity index (χ0) is 13.8. The molecule has 0 fully saturated rings. The SMILES string of the molecule is CCC(Br)c1nnc(-c2cccc(OC(C)C)c2)o1. The Hall–Kier alpha value is -1.36. The minimum absolute atomic E-state index is 0.101. The van der Waals surface area contributed by atoms with Crippen molar-refractivity contribution in [3.8, 4) is 17.2 Å². The molecule has 4 nitrogen and oxygen atoms in total. The minimum Gasteiger partial charge on any atom is -0.491 e. The molecule has 0 N–H and O–H groups in total. The van der Waals surface area contributed by atoms with E-state index >= 15 is 0 Å². The van der Waals surface area contributed by atoms with Gasteiger partial charge in [0.25, 0.3) is 0 Å². The quantitative estimate of drug-likeness (QED) is 0.766. The first-order chi connectivity index (χ1) is 9.10. The molecule has 0 aliphatic carbocycles. The fourth-order valence-corrected chi connectivity index (χ4v) is 1.81. The van der Waals surface area contributed by atoms with Crippen LogP contribution in [0.4, 0.5) is 0 Å². The third kappa shape index (κ3) is 3.56. The van der Waals surface area contributed by atoms with Gasteiger partial charge in [0.05, 0.1) is 10.9 Å². The van der Waals surface area contributed by atoms with E-state index in [0.29, 0.717) is 11.8 Å². The third-order valence-electron chi connectivity index (χ3n) is 2.52. The van der Waals surface area contributed by atoms with Crippen molar-refractivity contribution in [1.82, 2.24) is 10.2 Å². The predicted octanol–water partition coefficient (Wildman–Crippen LogP) is 4.37. The van der Waals surface area contributed by atoms with Crippen LogP contribution in [-0.2, 0) is 0 Å². The summed E-state index contributed by atoms with van der Waals surface area (Å²) in [6.07, 6.45) is 1.04. The highest BCUT2D eigenvalue weighted by Crippen LogP contribution is 2.29. The zero-order valence-corrected chi connectivity index (χ0v) is 12.8. The molecule has 0 aliphatic rings. The van der Waals surface area contributed by atoms with E-state index in [0.717, 1.165) is 17.7 Å². The number of halogens is 1. The van der Waals surface area contributed by atoms with Crippen molar-refractivity contribution in [3.63, 3.8) is 0 Å². The highest BCUT2D eigenvalue weighted by atomic mass is 79.9. The first-order valence-electron chi connectivity index (χ1n) is 6.34. The summed E-state index contributed by atoms with van der Waals surface area (Å²) in [7, 11) is 0. The van der Waals surface area contributed by atoms with Crippen LogP contribution in [0.15, 0.2) is 28.7 Å². The zero-order valence-electron chi connectivity index (χ0n) is 11.3. The second-order valence-electron chi connectivity index (χ2n) is 4.52. The normalized spacial score (nSPS) is 12.7. The van der Waals surface area contributed by atoms with E-state index in [1.54, 1.807) is 0 Å². The summed E-state index contributed by atoms with van der Waals surface area (Å²) in [6.45, 7) is 6.04. The Kier molecular flexibility index (Phi) is 4.58. The lowest BCUT2D eigenvalue weighted by atomic mass is 10.2. The van der Waals surface area contributed by atoms with Crippen molar-refractivity contribution in [2.24, 2.45) is 0 Å². The number of benzene rings is 1. The summed E-state index contributed by atoms with van der Waals surface area (Å²) in [4.78, 5) is 0.101. The molecule has 1 aromatic carbocycles. The average Bonchev–Trinajstić information content (AvgIpc) is 2.87. The molecule has 2 aromatic rings. The Morgan fingerprint density at radius 2 is 2.11 bits per heavy atom. The van der Waals surface area contributed by atoms with Crippen molar-refractivity contribution in [1.29, 1.82) is 0 Å². The topological polar surface area (TPSA) is 48.2 Å². The van der Waals surface area contributed by atoms with Gasteiger partial charge in [-0.05, 0) is 38.5 Å². The largest absolute Gasteiger partial charge is 0.491 e. The van der Waals surface area contributed by atoms with Crippen LogP contribution in [0.5, 0.6) is 5.75 Å². The lowest BCUT2D eigenvalue weighted by Gasteiger charge is -2.09. The van der Waals surface area contributed by atoms with Gasteiger partial charge in [-0.25, -0.2) is 0 Å². The number of ether oxygens (including phenoxy) is 1. The van der Waals surface area contributed by atoms with E-state index in [4.69, 9.17) is 9.15 Å². The predicted molar refractivity (Wildman–Crippen MR) is 77.5 cm³/mol. The molecule has 0 radical (unpaired) electrons. The molecule has 1 unspecified atom stereocenters. The van der Waals surface area contributed by atoms with Gasteiger partial charge in [-0.2, -0.15) is 0 Å². The fourth-order valence-electron chi connectivity index (χ4n) is 1.63. The molecule has 1 atom stereocenters. The van der Waals surface area contributed by atoms with Gasteiger partial charge in [0.1, 0.15) is 5.75 Å². The van der Waals surface area contributed by atoms with Crippen molar-refractivity contribution in [3.05, 3.63) is 30.2 Å². The van der Waals surface area contributed by atoms with E-state index in [2.05, 4.69) is 33.1 Å². The number of hydrogen-bond acceptors (Lipinski definition) is 4. The maximum Gasteiger partial charge on any atom is 0.247 e. The molecular weight excluding hydrogens is 308 g/mol. The van der Waals surface area contributed by atoms with Gasteiger partial charge in [-0.15, -0.1) is 10.2 Å². The third-order valence-corrected chi connectivity index (χ3v) is 3.56. The van der Waals surface area contributed by atoms with E-state index in [-0.39, 0.29) is 10.9 Å². The fraction of sp³-hybridized carbons (Fsp3) is 0.429. The van der Waals surface area contributed by atoms with E-state index in [9.17, 15) is 0 Å². The Morgan fingerprint density at radius 3 is 2.79 bits per heavy atom. The highest BCUT2D eigenvalue weighted by molar-refractivity contribution is 9.09. The summed E-state index contributed by atoms with van der Waals surface area (Å²) in [5.74, 6) is 1.92. The first-order valence-corrected chi connectivity index (χ1v) is 7.26. The van der Waals surface area contributed by atoms with Gasteiger partial charge in [0.15, 0.2) is 0 Å². The molecule has 0 saturated carbocycles. The van der Waals surface area contributed by atoms with Crippen molar-refractivity contribution in [2.75, 3.05) is 0 Å². The van der Waals surface area contributed by atoms with Crippen molar-refractivity contribution >= 4 is 15.9 Å². The van der Waals surface area contributed by atoms with E-state index < -0.39 is 0 Å². The maximum atomic E-state index is 5.66. The van der Waals surface area contributed by atoms with Crippen LogP contribution < -0.4 is 4.74 Å². The number of hydrogen-bond donors (Lipinski definition) is 0. The lowest BCUT2D eigenvalue weighted by Crippen LogP contribution is -2.05. The summed E-state index contributed by atoms with van der Waals surface area (Å²) >= 11 is 3.50. The van der Waals surface area contributed by atoms with Crippen LogP contribution >= 0.6 is 15.9 Å². The van der Waals surface area contributed by atoms with Crippen molar-refractivity contribution in [2.45, 2.75) is 38.1 Å². The molecule has 0 saturated heterocycles. The number of aromatic nitrogens is 2. The molecule has 5 heteroatoms. The summed E-state index contributed by atoms with van der Waals surface area (Å²) in [5.41, 5.74) is 0.868. The molecule has 0 bridgehead atoms. The summed E-state index contributed by atoms with van der Waals surface area (Å²) in [5, 5.41) is 8.12. The number of nitrogens with zero attached hydrogens (tertiary/aromatic N) is 2. The lowest BCUT2D eigenvalue weighted by molar-refractivity contribution is 0.242. The van der Waals surface area contributed by atoms with Crippen LogP contribution in [0.2, 0.25) is 0 Å². The molecule has 0 amide bonds. The molecule has 0 spiro atoms. The Bertz CT molecular complexity index is 540. The Labute approximate surface area is 121 Å². The standard InChI is InChI=1S/C14H17BrN2O2/c1-4-12(15)14-17-16-13(19-14)10-6-5-7-11(8-10)18-9(2)3/h5-9,12H,4H2,1-3H3. The second kappa shape index (κ2) is 6.19. The number of rotatable bonds is 5. The monoisotopic (exact) mass is 324 g/mol. The van der Waals surface area contributed by atoms with Crippen LogP contribution in [-0.4, -0.2) is 16.3 Å². The molecular formula is C14H17BrN2O2. The maximum absolute atomic E-state index is 5.66. The molecule has 19 heavy (non-hydrogen) atoms. The smallest absolute Gasteiger partial charge is 0.247 e. The second-order valence-corrected chi connectivity index (χ2v) is 5.62. The van der Waals surface area contributed by atoms with Crippen LogP contribution in [0, 0.1) is 0 Å². The highest BCUT2D eigenvalue weighted by Gasteiger charge is 2.15. The van der Waals surface area contributed by atoms with Gasteiger partial charge in [-0.1, -0.05) is 28.9 Å². The first kappa shape index (κ1) is 14.1. The van der Waals surface area contributed by atoms with Crippen molar-refractivity contribution < 1.29 is 9.15 Å². The van der Waals surface area contributed by atoms with Crippen LogP contribution in [0.25, 0.3) is 11.5 Å². The van der Waals surface area contributed by atoms with Gasteiger partial charge in [0, 0.05) is 5.56 Å². The van der Waals surface area contributed by atoms with E-state index in [1.165, 1.54) is 0 Å². The molecule has 1 aromatic heterocycles. The molecule has 1 heterocycles. The van der Waals surface area contributed by atoms with Crippen LogP contribution in [0.1, 0.15) is 37.9 Å². The van der Waals surface area contributed by atoms with Gasteiger partial charge in [-0.3, -0.25) is 0 Å². The minimum atomic E-state index is 0.101. The molecule has 2 rings (SSSR count). The Balaban J connectivity index is 2.24. The van der Waals surface area contributed by atoms with E-state index in [1.807, 2.05) is 38.1 Å². The summed E-state index contributed by atoms with van der Waals surface area (Å²) in [6, 6.07) is 7.68. The summed E-state index contributed by atoms with van der Waals surface area (Å²) < 4.78 is 11.3. The van der Waals surface area contributed by atoms with Crippen LogP contribution in [0.3, 0.4) is 0 Å². The molecule has 102 valence electrons. The average molecular weight is 325 g/mol.